The van der Waals surface area contributed by atoms with Crippen LogP contribution >= 0.6 is 15.9 Å². The van der Waals surface area contributed by atoms with Crippen LogP contribution in [0.1, 0.15) is 46.7 Å². The Kier molecular flexibility index (Phi) is 4.28. The van der Waals surface area contributed by atoms with E-state index in [1.165, 1.54) is 22.3 Å². The third-order valence-corrected chi connectivity index (χ3v) is 4.36. The van der Waals surface area contributed by atoms with Crippen molar-refractivity contribution in [2.75, 3.05) is 0 Å². The van der Waals surface area contributed by atoms with Gasteiger partial charge in [0, 0.05) is 0 Å². The van der Waals surface area contributed by atoms with Crippen molar-refractivity contribution in [3.05, 3.63) is 58.5 Å². The minimum absolute atomic E-state index is 0.142. The quantitative estimate of drug-likeness (QED) is 0.708. The Morgan fingerprint density at radius 1 is 1.11 bits per heavy atom. The Balaban J connectivity index is 2.37. The number of aryl methyl sites for hydroxylation is 3. The molecule has 0 saturated heterocycles. The number of halogens is 1. The van der Waals surface area contributed by atoms with E-state index in [2.05, 4.69) is 54.9 Å². The minimum atomic E-state index is 0.142. The Morgan fingerprint density at radius 3 is 2.39 bits per heavy atom. The molecule has 0 fully saturated rings. The molecular weight excluding hydrogens is 288 g/mol. The van der Waals surface area contributed by atoms with E-state index in [0.717, 1.165) is 18.6 Å². The molecule has 0 aliphatic carbocycles. The van der Waals surface area contributed by atoms with Crippen LogP contribution < -0.4 is 0 Å². The molecule has 0 amide bonds. The van der Waals surface area contributed by atoms with Crippen molar-refractivity contribution in [2.45, 2.75) is 38.4 Å². The zero-order chi connectivity index (χ0) is 13.1. The summed E-state index contributed by atoms with van der Waals surface area (Å²) in [5.74, 6) is 1.00. The maximum atomic E-state index is 5.56. The molecule has 0 radical (unpaired) electrons. The lowest BCUT2D eigenvalue weighted by Crippen LogP contribution is -1.97. The van der Waals surface area contributed by atoms with Gasteiger partial charge in [0.2, 0.25) is 0 Å². The smallest absolute Gasteiger partial charge is 0.124 e. The third-order valence-electron chi connectivity index (χ3n) is 3.42. The van der Waals surface area contributed by atoms with Crippen LogP contribution in [0.2, 0.25) is 0 Å². The van der Waals surface area contributed by atoms with Gasteiger partial charge in [0.1, 0.15) is 5.76 Å². The molecule has 1 aromatic carbocycles. The molecule has 18 heavy (non-hydrogen) atoms. The zero-order valence-corrected chi connectivity index (χ0v) is 12.8. The highest BCUT2D eigenvalue weighted by molar-refractivity contribution is 9.09. The monoisotopic (exact) mass is 306 g/mol. The van der Waals surface area contributed by atoms with Gasteiger partial charge in [-0.15, -0.1) is 0 Å². The molecule has 0 N–H and O–H groups in total. The van der Waals surface area contributed by atoms with Gasteiger partial charge >= 0.3 is 0 Å². The summed E-state index contributed by atoms with van der Waals surface area (Å²) in [6.07, 6.45) is 3.92. The molecule has 0 spiro atoms. The van der Waals surface area contributed by atoms with Crippen molar-refractivity contribution < 1.29 is 4.42 Å². The summed E-state index contributed by atoms with van der Waals surface area (Å²) < 4.78 is 5.56. The van der Waals surface area contributed by atoms with Gasteiger partial charge in [-0.1, -0.05) is 48.0 Å². The first kappa shape index (κ1) is 13.4. The fraction of sp³-hybridized carbons (Fsp3) is 0.375. The Hall–Kier alpha value is -1.02. The molecule has 2 rings (SSSR count). The first-order chi connectivity index (χ1) is 8.67. The van der Waals surface area contributed by atoms with E-state index in [4.69, 9.17) is 4.42 Å². The number of benzene rings is 1. The average molecular weight is 307 g/mol. The van der Waals surface area contributed by atoms with Crippen LogP contribution in [0, 0.1) is 6.92 Å². The van der Waals surface area contributed by atoms with Crippen LogP contribution in [0.25, 0.3) is 0 Å². The standard InChI is InChI=1S/C16H19BrO/c1-4-12-6-7-14(10-13(12)5-2)15(17)16-11(3)8-9-18-16/h6-10,15H,4-5H2,1-3H3. The van der Waals surface area contributed by atoms with E-state index >= 15 is 0 Å². The van der Waals surface area contributed by atoms with Crippen LogP contribution in [-0.2, 0) is 12.8 Å². The first-order valence-corrected chi connectivity index (χ1v) is 7.38. The highest BCUT2D eigenvalue weighted by Gasteiger charge is 2.16. The Bertz CT molecular complexity index is 528. The number of rotatable bonds is 4. The van der Waals surface area contributed by atoms with Crippen molar-refractivity contribution in [3.8, 4) is 0 Å². The van der Waals surface area contributed by atoms with E-state index in [9.17, 15) is 0 Å². The molecule has 2 heteroatoms. The predicted octanol–water partition coefficient (Wildman–Crippen LogP) is 5.20. The average Bonchev–Trinajstić information content (AvgIpc) is 2.83. The molecule has 2 aromatic rings. The number of alkyl halides is 1. The van der Waals surface area contributed by atoms with Gasteiger partial charge in [0.05, 0.1) is 11.1 Å². The first-order valence-electron chi connectivity index (χ1n) is 6.47. The maximum Gasteiger partial charge on any atom is 0.124 e. The topological polar surface area (TPSA) is 13.1 Å². The lowest BCUT2D eigenvalue weighted by atomic mass is 9.98. The van der Waals surface area contributed by atoms with Crippen molar-refractivity contribution in [3.63, 3.8) is 0 Å². The third kappa shape index (κ3) is 2.54. The summed E-state index contributed by atoms with van der Waals surface area (Å²) in [5.41, 5.74) is 5.33. The van der Waals surface area contributed by atoms with Crippen molar-refractivity contribution in [2.24, 2.45) is 0 Å². The van der Waals surface area contributed by atoms with Gasteiger partial charge < -0.3 is 4.42 Å². The largest absolute Gasteiger partial charge is 0.468 e. The van der Waals surface area contributed by atoms with Gasteiger partial charge in [0.25, 0.3) is 0 Å². The van der Waals surface area contributed by atoms with E-state index in [1.807, 2.05) is 6.07 Å². The summed E-state index contributed by atoms with van der Waals surface area (Å²) in [4.78, 5) is 0.142. The van der Waals surface area contributed by atoms with Crippen LogP contribution in [0.3, 0.4) is 0 Å². The van der Waals surface area contributed by atoms with Crippen LogP contribution in [-0.4, -0.2) is 0 Å². The van der Waals surface area contributed by atoms with Gasteiger partial charge in [-0.25, -0.2) is 0 Å². The molecule has 1 nitrogen and oxygen atoms in total. The molecule has 0 aliphatic rings. The predicted molar refractivity (Wildman–Crippen MR) is 79.4 cm³/mol. The summed E-state index contributed by atoms with van der Waals surface area (Å²) in [5, 5.41) is 0. The molecule has 0 bridgehead atoms. The van der Waals surface area contributed by atoms with E-state index < -0.39 is 0 Å². The van der Waals surface area contributed by atoms with Crippen LogP contribution in [0.4, 0.5) is 0 Å². The highest BCUT2D eigenvalue weighted by Crippen LogP contribution is 2.34. The molecular formula is C16H19BrO. The van der Waals surface area contributed by atoms with Gasteiger partial charge in [-0.05, 0) is 48.1 Å². The molecule has 1 atom stereocenters. The molecule has 1 aromatic heterocycles. The number of hydrogen-bond donors (Lipinski definition) is 0. The van der Waals surface area contributed by atoms with Crippen LogP contribution in [0.5, 0.6) is 0 Å². The van der Waals surface area contributed by atoms with Crippen molar-refractivity contribution in [1.82, 2.24) is 0 Å². The van der Waals surface area contributed by atoms with E-state index in [0.29, 0.717) is 0 Å². The van der Waals surface area contributed by atoms with Gasteiger partial charge in [0.15, 0.2) is 0 Å². The Morgan fingerprint density at radius 2 is 1.83 bits per heavy atom. The second kappa shape index (κ2) is 5.75. The summed E-state index contributed by atoms with van der Waals surface area (Å²) in [7, 11) is 0. The fourth-order valence-corrected chi connectivity index (χ4v) is 3.03. The molecule has 0 aliphatic heterocycles. The van der Waals surface area contributed by atoms with Crippen molar-refractivity contribution >= 4 is 15.9 Å². The second-order valence-electron chi connectivity index (χ2n) is 4.57. The molecule has 96 valence electrons. The van der Waals surface area contributed by atoms with Gasteiger partial charge in [-0.3, -0.25) is 0 Å². The lowest BCUT2D eigenvalue weighted by molar-refractivity contribution is 0.517. The molecule has 1 unspecified atom stereocenters. The summed E-state index contributed by atoms with van der Waals surface area (Å²) >= 11 is 3.74. The summed E-state index contributed by atoms with van der Waals surface area (Å²) in [6.45, 7) is 6.49. The normalized spacial score (nSPS) is 12.7. The van der Waals surface area contributed by atoms with E-state index in [1.54, 1.807) is 6.26 Å². The zero-order valence-electron chi connectivity index (χ0n) is 11.2. The highest BCUT2D eigenvalue weighted by atomic mass is 79.9. The second-order valence-corrected chi connectivity index (χ2v) is 5.48. The fourth-order valence-electron chi connectivity index (χ4n) is 2.27. The number of furan rings is 1. The minimum Gasteiger partial charge on any atom is -0.468 e. The Labute approximate surface area is 117 Å². The molecule has 1 heterocycles. The maximum absolute atomic E-state index is 5.56. The summed E-state index contributed by atoms with van der Waals surface area (Å²) in [6, 6.07) is 8.73. The SMILES string of the molecule is CCc1ccc(C(Br)c2occc2C)cc1CC. The number of hydrogen-bond acceptors (Lipinski definition) is 1. The molecule has 0 saturated carbocycles. The van der Waals surface area contributed by atoms with E-state index in [-0.39, 0.29) is 4.83 Å². The van der Waals surface area contributed by atoms with Gasteiger partial charge in [-0.2, -0.15) is 0 Å². The lowest BCUT2D eigenvalue weighted by Gasteiger charge is -2.13. The van der Waals surface area contributed by atoms with Crippen molar-refractivity contribution in [1.29, 1.82) is 0 Å². The van der Waals surface area contributed by atoms with Crippen LogP contribution in [0.15, 0.2) is 34.9 Å².